The minimum atomic E-state index is -0.790. The normalized spacial score (nSPS) is 17.6. The number of hydrogen-bond donors (Lipinski definition) is 3. The van der Waals surface area contributed by atoms with Gasteiger partial charge in [-0.2, -0.15) is 0 Å². The highest BCUT2D eigenvalue weighted by Crippen LogP contribution is 2.33. The molecule has 2 saturated heterocycles. The second kappa shape index (κ2) is 17.0. The molecule has 2 fully saturated rings. The van der Waals surface area contributed by atoms with E-state index in [0.29, 0.717) is 60.1 Å². The lowest BCUT2D eigenvalue weighted by molar-refractivity contribution is -0.127. The molecule has 13 heteroatoms. The number of rotatable bonds is 17. The molecule has 2 aliphatic rings. The van der Waals surface area contributed by atoms with Crippen LogP contribution in [0.5, 0.6) is 5.75 Å². The Labute approximate surface area is 297 Å². The molecule has 11 nitrogen and oxygen atoms in total. The van der Waals surface area contributed by atoms with Crippen molar-refractivity contribution in [1.29, 1.82) is 0 Å². The van der Waals surface area contributed by atoms with Crippen LogP contribution in [0.25, 0.3) is 10.2 Å². The van der Waals surface area contributed by atoms with E-state index in [1.54, 1.807) is 23.5 Å². The van der Waals surface area contributed by atoms with E-state index in [-0.39, 0.29) is 27.5 Å². The van der Waals surface area contributed by atoms with Gasteiger partial charge in [0.2, 0.25) is 0 Å². The number of piperidine rings is 1. The molecular formula is C36H53N5O6S2. The summed E-state index contributed by atoms with van der Waals surface area (Å²) in [6.07, 6.45) is 8.29. The lowest BCUT2D eigenvalue weighted by atomic mass is 9.86. The topological polar surface area (TPSA) is 137 Å². The van der Waals surface area contributed by atoms with Gasteiger partial charge in [0.05, 0.1) is 34.6 Å². The van der Waals surface area contributed by atoms with Crippen LogP contribution in [0.4, 0.5) is 0 Å². The number of ether oxygens (including phenoxy) is 2. The van der Waals surface area contributed by atoms with Crippen molar-refractivity contribution in [3.8, 4) is 5.75 Å². The van der Waals surface area contributed by atoms with E-state index in [1.807, 2.05) is 10.3 Å². The van der Waals surface area contributed by atoms with E-state index < -0.39 is 6.10 Å². The minimum absolute atomic E-state index is 0.0393. The Kier molecular flexibility index (Phi) is 13.1. The first-order valence-corrected chi connectivity index (χ1v) is 19.4. The summed E-state index contributed by atoms with van der Waals surface area (Å²) in [6, 6.07) is 3.31. The van der Waals surface area contributed by atoms with Gasteiger partial charge in [-0.25, -0.2) is 4.98 Å². The maximum atomic E-state index is 13.2. The molecule has 3 N–H and O–H groups in total. The molecule has 5 rings (SSSR count). The Bertz CT molecular complexity index is 1590. The first-order valence-electron chi connectivity index (χ1n) is 17.7. The number of benzene rings is 1. The molecule has 0 bridgehead atoms. The van der Waals surface area contributed by atoms with Crippen LogP contribution in [0, 0.1) is 5.41 Å². The fourth-order valence-corrected chi connectivity index (χ4v) is 8.70. The highest BCUT2D eigenvalue weighted by Gasteiger charge is 2.41. The summed E-state index contributed by atoms with van der Waals surface area (Å²) in [4.78, 5) is 47.5. The average Bonchev–Trinajstić information content (AvgIpc) is 3.73. The smallest absolute Gasteiger partial charge is 0.305 e. The number of unbranched alkanes of at least 4 members (excludes halogenated alkanes) is 4. The number of thiazole rings is 2. The van der Waals surface area contributed by atoms with Gasteiger partial charge in [0.15, 0.2) is 5.75 Å². The van der Waals surface area contributed by atoms with Crippen LogP contribution in [0.1, 0.15) is 112 Å². The first-order chi connectivity index (χ1) is 23.5. The summed E-state index contributed by atoms with van der Waals surface area (Å²) in [7, 11) is 0. The third-order valence-corrected chi connectivity index (χ3v) is 12.0. The van der Waals surface area contributed by atoms with Crippen molar-refractivity contribution >= 4 is 45.3 Å². The van der Waals surface area contributed by atoms with Crippen molar-refractivity contribution in [2.45, 2.75) is 96.7 Å². The molecule has 2 aromatic heterocycles. The zero-order valence-corrected chi connectivity index (χ0v) is 31.1. The second-order valence-corrected chi connectivity index (χ2v) is 16.6. The largest absolute Gasteiger partial charge is 0.426 e. The SMILES string of the molecule is CC(C)c1nc(C(=O)N2CCOC3(CCN(CCCCCCCC(C)(C)CNCC(O)c4ccc(OC=O)c5[nH]c(=O)sc45)CC3)C2)cs1. The first kappa shape index (κ1) is 37.6. The van der Waals surface area contributed by atoms with Gasteiger partial charge in [-0.05, 0) is 43.7 Å². The molecule has 0 radical (unpaired) electrons. The number of morpholine rings is 1. The Hall–Kier alpha value is -2.68. The van der Waals surface area contributed by atoms with Gasteiger partial charge >= 0.3 is 4.87 Å². The summed E-state index contributed by atoms with van der Waals surface area (Å²) >= 11 is 2.58. The predicted octanol–water partition coefficient (Wildman–Crippen LogP) is 5.70. The Morgan fingerprint density at radius 3 is 2.67 bits per heavy atom. The number of carbonyl (C=O) groups is 2. The van der Waals surface area contributed by atoms with Crippen molar-refractivity contribution in [2.24, 2.45) is 5.41 Å². The number of amides is 1. The lowest BCUT2D eigenvalue weighted by Crippen LogP contribution is -2.58. The average molecular weight is 716 g/mol. The van der Waals surface area contributed by atoms with Crippen molar-refractivity contribution < 1.29 is 24.2 Å². The van der Waals surface area contributed by atoms with Crippen LogP contribution >= 0.6 is 22.7 Å². The molecule has 49 heavy (non-hydrogen) atoms. The van der Waals surface area contributed by atoms with Gasteiger partial charge < -0.3 is 34.7 Å². The van der Waals surface area contributed by atoms with Crippen molar-refractivity contribution in [2.75, 3.05) is 52.4 Å². The summed E-state index contributed by atoms with van der Waals surface area (Å²) in [5.41, 5.74) is 1.52. The number of aromatic amines is 1. The van der Waals surface area contributed by atoms with Crippen LogP contribution in [0.3, 0.4) is 0 Å². The standard InChI is InChI=1S/C36H53N5O6S2/c1-25(2)32-38-27(21-48-32)33(44)41-18-19-47-36(23-41)13-16-40(17-14-36)15-9-7-5-6-8-12-35(3,4)22-37-20-28(43)26-10-11-29(46-24-42)30-31(26)49-34(45)39-30/h10-11,21,24-25,28,37,43H,5-9,12-20,22-23H2,1-4H3,(H,39,45). The van der Waals surface area contributed by atoms with E-state index in [1.165, 1.54) is 32.1 Å². The number of fused-ring (bicyclic) bond motifs is 1. The minimum Gasteiger partial charge on any atom is -0.426 e. The van der Waals surface area contributed by atoms with Crippen molar-refractivity contribution in [3.63, 3.8) is 0 Å². The Balaban J connectivity index is 0.938. The molecule has 1 atom stereocenters. The van der Waals surface area contributed by atoms with Gasteiger partial charge in [-0.15, -0.1) is 11.3 Å². The maximum absolute atomic E-state index is 13.2. The van der Waals surface area contributed by atoms with Gasteiger partial charge in [-0.1, -0.05) is 70.8 Å². The summed E-state index contributed by atoms with van der Waals surface area (Å²) < 4.78 is 11.9. The van der Waals surface area contributed by atoms with E-state index in [9.17, 15) is 19.5 Å². The molecule has 1 amide bonds. The number of H-pyrrole nitrogens is 1. The second-order valence-electron chi connectivity index (χ2n) is 14.7. The zero-order valence-electron chi connectivity index (χ0n) is 29.4. The number of aliphatic hydroxyl groups excluding tert-OH is 1. The molecule has 1 spiro atoms. The van der Waals surface area contributed by atoms with Crippen molar-refractivity contribution in [3.05, 3.63) is 43.4 Å². The number of hydrogen-bond acceptors (Lipinski definition) is 11. The van der Waals surface area contributed by atoms with Crippen LogP contribution in [0.2, 0.25) is 0 Å². The van der Waals surface area contributed by atoms with Crippen LogP contribution in [-0.2, 0) is 9.53 Å². The van der Waals surface area contributed by atoms with Crippen molar-refractivity contribution in [1.82, 2.24) is 25.1 Å². The molecule has 0 saturated carbocycles. The van der Waals surface area contributed by atoms with Gasteiger partial charge in [0.1, 0.15) is 11.2 Å². The number of nitrogens with one attached hydrogen (secondary N) is 2. The van der Waals surface area contributed by atoms with Gasteiger partial charge in [0.25, 0.3) is 12.4 Å². The van der Waals surface area contributed by atoms with Crippen LogP contribution in [0.15, 0.2) is 22.3 Å². The third kappa shape index (κ3) is 9.98. The van der Waals surface area contributed by atoms with Crippen LogP contribution in [-0.4, -0.2) is 95.3 Å². The fraction of sp³-hybridized carbons (Fsp3) is 0.667. The molecule has 2 aliphatic heterocycles. The molecule has 1 unspecified atom stereocenters. The monoisotopic (exact) mass is 715 g/mol. The number of nitrogens with zero attached hydrogens (tertiary/aromatic N) is 3. The maximum Gasteiger partial charge on any atom is 0.305 e. The van der Waals surface area contributed by atoms with Gasteiger partial charge in [-0.3, -0.25) is 14.4 Å². The Morgan fingerprint density at radius 2 is 1.94 bits per heavy atom. The lowest BCUT2D eigenvalue weighted by Gasteiger charge is -2.47. The fourth-order valence-electron chi connectivity index (χ4n) is 6.97. The van der Waals surface area contributed by atoms with E-state index in [4.69, 9.17) is 9.47 Å². The molecule has 0 aliphatic carbocycles. The molecule has 1 aromatic carbocycles. The number of carbonyl (C=O) groups excluding carboxylic acids is 2. The highest BCUT2D eigenvalue weighted by atomic mass is 32.1. The number of aromatic nitrogens is 2. The van der Waals surface area contributed by atoms with E-state index in [0.717, 1.165) is 61.8 Å². The Morgan fingerprint density at radius 1 is 1.18 bits per heavy atom. The molecule has 270 valence electrons. The predicted molar refractivity (Wildman–Crippen MR) is 195 cm³/mol. The van der Waals surface area contributed by atoms with E-state index in [2.05, 4.69) is 47.9 Å². The van der Waals surface area contributed by atoms with E-state index >= 15 is 0 Å². The molecular weight excluding hydrogens is 663 g/mol. The molecule has 4 heterocycles. The number of likely N-dealkylation sites (tertiary alicyclic amines) is 1. The van der Waals surface area contributed by atoms with Gasteiger partial charge in [0, 0.05) is 49.6 Å². The third-order valence-electron chi connectivity index (χ3n) is 9.91. The summed E-state index contributed by atoms with van der Waals surface area (Å²) in [5, 5.41) is 17.2. The summed E-state index contributed by atoms with van der Waals surface area (Å²) in [5.74, 6) is 0.647. The number of aliphatic hydroxyl groups is 1. The molecule has 3 aromatic rings. The quantitative estimate of drug-likeness (QED) is 0.119. The zero-order chi connectivity index (χ0) is 35.0. The van der Waals surface area contributed by atoms with Crippen LogP contribution < -0.4 is 14.9 Å². The summed E-state index contributed by atoms with van der Waals surface area (Å²) in [6.45, 7) is 15.2. The highest BCUT2D eigenvalue weighted by molar-refractivity contribution is 7.16.